The van der Waals surface area contributed by atoms with E-state index in [1.54, 1.807) is 6.20 Å². The number of pyridine rings is 1. The standard InChI is InChI=1S/C13H12F2N2O2/c1-19-13(18)8-4-9(11(14)15)12-16-10(7-2-3-7)6-17(12)5-8/h4-7,11H,2-3H2,1H3. The third-order valence-corrected chi connectivity index (χ3v) is 3.25. The van der Waals surface area contributed by atoms with Gasteiger partial charge >= 0.3 is 5.97 Å². The molecule has 6 heteroatoms. The second-order valence-electron chi connectivity index (χ2n) is 4.65. The van der Waals surface area contributed by atoms with Crippen molar-refractivity contribution in [2.75, 3.05) is 7.11 Å². The molecule has 1 aliphatic rings. The summed E-state index contributed by atoms with van der Waals surface area (Å²) in [5.74, 6) is -0.266. The molecule has 2 aromatic heterocycles. The van der Waals surface area contributed by atoms with Gasteiger partial charge in [-0.2, -0.15) is 0 Å². The lowest BCUT2D eigenvalue weighted by atomic mass is 10.2. The van der Waals surface area contributed by atoms with Crippen molar-refractivity contribution in [2.24, 2.45) is 0 Å². The Morgan fingerprint density at radius 1 is 1.47 bits per heavy atom. The Labute approximate surface area is 108 Å². The first-order chi connectivity index (χ1) is 9.10. The molecular formula is C13H12F2N2O2. The Balaban J connectivity index is 2.18. The molecule has 0 aromatic carbocycles. The normalized spacial score (nSPS) is 15.2. The van der Waals surface area contributed by atoms with E-state index in [0.29, 0.717) is 5.92 Å². The van der Waals surface area contributed by atoms with Gasteiger partial charge in [-0.1, -0.05) is 0 Å². The number of imidazole rings is 1. The summed E-state index contributed by atoms with van der Waals surface area (Å²) in [4.78, 5) is 15.7. The summed E-state index contributed by atoms with van der Waals surface area (Å²) >= 11 is 0. The summed E-state index contributed by atoms with van der Waals surface area (Å²) in [5.41, 5.74) is 0.883. The van der Waals surface area contributed by atoms with E-state index in [1.807, 2.05) is 0 Å². The summed E-state index contributed by atoms with van der Waals surface area (Å²) in [6, 6.07) is 1.15. The van der Waals surface area contributed by atoms with Crippen molar-refractivity contribution in [1.29, 1.82) is 0 Å². The lowest BCUT2D eigenvalue weighted by molar-refractivity contribution is 0.0599. The topological polar surface area (TPSA) is 43.6 Å². The molecule has 100 valence electrons. The lowest BCUT2D eigenvalue weighted by Crippen LogP contribution is -2.05. The third kappa shape index (κ3) is 2.07. The molecular weight excluding hydrogens is 254 g/mol. The zero-order valence-corrected chi connectivity index (χ0v) is 10.3. The SMILES string of the molecule is COC(=O)c1cc(C(F)F)c2nc(C3CC3)cn2c1. The number of aromatic nitrogens is 2. The maximum Gasteiger partial charge on any atom is 0.339 e. The van der Waals surface area contributed by atoms with Crippen molar-refractivity contribution in [3.05, 3.63) is 35.3 Å². The van der Waals surface area contributed by atoms with Gasteiger partial charge < -0.3 is 9.14 Å². The molecule has 1 saturated carbocycles. The van der Waals surface area contributed by atoms with Crippen LogP contribution < -0.4 is 0 Å². The quantitative estimate of drug-likeness (QED) is 0.802. The zero-order valence-electron chi connectivity index (χ0n) is 10.3. The second kappa shape index (κ2) is 4.29. The Morgan fingerprint density at radius 3 is 2.79 bits per heavy atom. The zero-order chi connectivity index (χ0) is 13.6. The van der Waals surface area contributed by atoms with Crippen molar-refractivity contribution in [2.45, 2.75) is 25.2 Å². The molecule has 0 aliphatic heterocycles. The minimum Gasteiger partial charge on any atom is -0.465 e. The Bertz CT molecular complexity index is 647. The molecule has 2 heterocycles. The highest BCUT2D eigenvalue weighted by atomic mass is 19.3. The highest BCUT2D eigenvalue weighted by Crippen LogP contribution is 2.40. The number of rotatable bonds is 3. The van der Waals surface area contributed by atoms with E-state index in [1.165, 1.54) is 17.7 Å². The molecule has 0 saturated heterocycles. The van der Waals surface area contributed by atoms with Gasteiger partial charge in [0.05, 0.1) is 23.9 Å². The number of esters is 1. The minimum absolute atomic E-state index is 0.102. The molecule has 0 atom stereocenters. The molecule has 1 aliphatic carbocycles. The van der Waals surface area contributed by atoms with Gasteiger partial charge in [-0.25, -0.2) is 18.6 Å². The van der Waals surface area contributed by atoms with E-state index in [4.69, 9.17) is 0 Å². The molecule has 0 spiro atoms. The Hall–Kier alpha value is -1.98. The second-order valence-corrected chi connectivity index (χ2v) is 4.65. The van der Waals surface area contributed by atoms with Crippen LogP contribution in [0.1, 0.15) is 46.8 Å². The summed E-state index contributed by atoms with van der Waals surface area (Å²) in [6.45, 7) is 0. The fourth-order valence-electron chi connectivity index (χ4n) is 2.11. The van der Waals surface area contributed by atoms with Crippen LogP contribution in [-0.2, 0) is 4.74 Å². The first-order valence-electron chi connectivity index (χ1n) is 5.99. The third-order valence-electron chi connectivity index (χ3n) is 3.25. The maximum atomic E-state index is 13.1. The van der Waals surface area contributed by atoms with E-state index < -0.39 is 12.4 Å². The van der Waals surface area contributed by atoms with Gasteiger partial charge in [0, 0.05) is 18.3 Å². The molecule has 0 N–H and O–H groups in total. The maximum absolute atomic E-state index is 13.1. The van der Waals surface area contributed by atoms with E-state index in [-0.39, 0.29) is 16.8 Å². The van der Waals surface area contributed by atoms with Crippen LogP contribution in [0.15, 0.2) is 18.5 Å². The molecule has 2 aromatic rings. The molecule has 1 fully saturated rings. The molecule has 0 unspecified atom stereocenters. The smallest absolute Gasteiger partial charge is 0.339 e. The summed E-state index contributed by atoms with van der Waals surface area (Å²) in [5, 5.41) is 0. The van der Waals surface area contributed by atoms with Crippen LogP contribution in [0.25, 0.3) is 5.65 Å². The van der Waals surface area contributed by atoms with Crippen molar-refractivity contribution >= 4 is 11.6 Å². The largest absolute Gasteiger partial charge is 0.465 e. The fourth-order valence-corrected chi connectivity index (χ4v) is 2.11. The number of hydrogen-bond acceptors (Lipinski definition) is 3. The summed E-state index contributed by atoms with van der Waals surface area (Å²) in [6.07, 6.45) is 2.59. The monoisotopic (exact) mass is 266 g/mol. The molecule has 0 radical (unpaired) electrons. The summed E-state index contributed by atoms with van der Waals surface area (Å²) < 4.78 is 32.2. The van der Waals surface area contributed by atoms with Crippen LogP contribution in [-0.4, -0.2) is 22.5 Å². The van der Waals surface area contributed by atoms with Crippen LogP contribution in [0.5, 0.6) is 0 Å². The van der Waals surface area contributed by atoms with Crippen molar-refractivity contribution in [3.8, 4) is 0 Å². The number of carbonyl (C=O) groups is 1. The summed E-state index contributed by atoms with van der Waals surface area (Å²) in [7, 11) is 1.22. The Kier molecular flexibility index (Phi) is 2.73. The van der Waals surface area contributed by atoms with E-state index in [0.717, 1.165) is 24.6 Å². The average Bonchev–Trinajstić information content (AvgIpc) is 3.16. The number of halogens is 2. The van der Waals surface area contributed by atoms with Gasteiger partial charge in [0.2, 0.25) is 0 Å². The Morgan fingerprint density at radius 2 is 2.21 bits per heavy atom. The van der Waals surface area contributed by atoms with Gasteiger partial charge in [-0.3, -0.25) is 0 Å². The van der Waals surface area contributed by atoms with Crippen LogP contribution in [0.2, 0.25) is 0 Å². The molecule has 19 heavy (non-hydrogen) atoms. The molecule has 0 bridgehead atoms. The van der Waals surface area contributed by atoms with E-state index in [9.17, 15) is 13.6 Å². The van der Waals surface area contributed by atoms with Gasteiger partial charge in [0.25, 0.3) is 6.43 Å². The number of hydrogen-bond donors (Lipinski definition) is 0. The number of ether oxygens (including phenoxy) is 1. The van der Waals surface area contributed by atoms with Gasteiger partial charge in [0.15, 0.2) is 0 Å². The van der Waals surface area contributed by atoms with Crippen LogP contribution in [0.4, 0.5) is 8.78 Å². The van der Waals surface area contributed by atoms with Crippen LogP contribution >= 0.6 is 0 Å². The molecule has 4 nitrogen and oxygen atoms in total. The van der Waals surface area contributed by atoms with Crippen LogP contribution in [0, 0.1) is 0 Å². The highest BCUT2D eigenvalue weighted by molar-refractivity contribution is 5.89. The highest BCUT2D eigenvalue weighted by Gasteiger charge is 2.28. The van der Waals surface area contributed by atoms with Crippen molar-refractivity contribution in [1.82, 2.24) is 9.38 Å². The first kappa shape index (κ1) is 12.1. The van der Waals surface area contributed by atoms with Gasteiger partial charge in [0.1, 0.15) is 5.65 Å². The van der Waals surface area contributed by atoms with E-state index >= 15 is 0 Å². The number of nitrogens with zero attached hydrogens (tertiary/aromatic N) is 2. The molecule has 3 rings (SSSR count). The minimum atomic E-state index is -2.68. The predicted molar refractivity (Wildman–Crippen MR) is 63.5 cm³/mol. The number of methoxy groups -OCH3 is 1. The average molecular weight is 266 g/mol. The van der Waals surface area contributed by atoms with Crippen molar-refractivity contribution in [3.63, 3.8) is 0 Å². The number of carbonyl (C=O) groups excluding carboxylic acids is 1. The van der Waals surface area contributed by atoms with Gasteiger partial charge in [-0.05, 0) is 18.9 Å². The van der Waals surface area contributed by atoms with E-state index in [2.05, 4.69) is 9.72 Å². The predicted octanol–water partition coefficient (Wildman–Crippen LogP) is 2.94. The lowest BCUT2D eigenvalue weighted by Gasteiger charge is -2.05. The number of alkyl halides is 2. The fraction of sp³-hybridized carbons (Fsp3) is 0.385. The van der Waals surface area contributed by atoms with Crippen LogP contribution in [0.3, 0.4) is 0 Å². The number of fused-ring (bicyclic) bond motifs is 1. The van der Waals surface area contributed by atoms with Gasteiger partial charge in [-0.15, -0.1) is 0 Å². The van der Waals surface area contributed by atoms with Crippen molar-refractivity contribution < 1.29 is 18.3 Å². The first-order valence-corrected chi connectivity index (χ1v) is 5.99. The molecule has 0 amide bonds.